The highest BCUT2D eigenvalue weighted by molar-refractivity contribution is 6.01. The molecule has 256 valence electrons. The van der Waals surface area contributed by atoms with Gasteiger partial charge in [0, 0.05) is 23.2 Å². The molecule has 1 unspecified atom stereocenters. The summed E-state index contributed by atoms with van der Waals surface area (Å²) >= 11 is 0. The number of allylic oxidation sites excluding steroid dienone is 4. The van der Waals surface area contributed by atoms with Crippen LogP contribution in [0.4, 0.5) is 4.79 Å². The molecule has 1 amide bonds. The second-order valence-corrected chi connectivity index (χ2v) is 15.5. The van der Waals surface area contributed by atoms with Crippen molar-refractivity contribution in [3.8, 4) is 0 Å². The number of nitrogens with one attached hydrogen (secondary N) is 1. The van der Waals surface area contributed by atoms with Crippen molar-refractivity contribution in [2.24, 2.45) is 40.4 Å². The minimum absolute atomic E-state index is 0.0302. The van der Waals surface area contributed by atoms with E-state index < -0.39 is 70.2 Å². The number of rotatable bonds is 8. The summed E-state index contributed by atoms with van der Waals surface area (Å²) in [5, 5.41) is 25.5. The first-order valence-electron chi connectivity index (χ1n) is 16.5. The van der Waals surface area contributed by atoms with E-state index in [0.717, 1.165) is 5.57 Å². The highest BCUT2D eigenvalue weighted by atomic mass is 16.6. The molecule has 0 bridgehead atoms. The van der Waals surface area contributed by atoms with Gasteiger partial charge in [-0.3, -0.25) is 14.4 Å². The Morgan fingerprint density at radius 2 is 1.80 bits per heavy atom. The van der Waals surface area contributed by atoms with E-state index in [1.807, 2.05) is 19.9 Å². The Bertz CT molecular complexity index is 1330. The number of ether oxygens (including phenoxy) is 3. The normalized spacial score (nSPS) is 36.4. The Balaban J connectivity index is 1.65. The number of hydrogen-bond acceptors (Lipinski definition) is 10. The standard InChI is InChI=1S/C35H51NO10/c1-10-25(39)45-35(28(40)30(42)44-29(41)27(18(2)3)36-31(43)46-32(5,6)7)14-12-22-21-15-19(4)23-16-20(37)11-13-33(23,8)26(21)24(38)17-34(22,35)9/h11,13,16,18-19,21-22,24,26-27,30,38,42H,10,12,14-15,17H2,1-9H3,(H,36,43)/t19-,21-,22-,24-,26+,27-,30?,33-,34-,35-/m0/s1. The molecule has 0 spiro atoms. The molecule has 0 aromatic carbocycles. The maximum absolute atomic E-state index is 14.3. The fourth-order valence-electron chi connectivity index (χ4n) is 9.00. The van der Waals surface area contributed by atoms with E-state index in [-0.39, 0.29) is 48.7 Å². The molecule has 4 rings (SSSR count). The maximum atomic E-state index is 14.3. The van der Waals surface area contributed by atoms with E-state index in [0.29, 0.717) is 12.8 Å². The number of aliphatic hydroxyl groups excluding tert-OH is 2. The molecular formula is C35H51NO10. The number of aliphatic hydroxyl groups is 2. The lowest BCUT2D eigenvalue weighted by Crippen LogP contribution is -2.64. The summed E-state index contributed by atoms with van der Waals surface area (Å²) in [6.45, 7) is 15.9. The number of esters is 2. The molecule has 0 aromatic heterocycles. The fraction of sp³-hybridized carbons (Fsp3) is 0.743. The Hall–Kier alpha value is -3.05. The summed E-state index contributed by atoms with van der Waals surface area (Å²) in [6, 6.07) is -1.24. The number of hydrogen-bond donors (Lipinski definition) is 3. The van der Waals surface area contributed by atoms with Gasteiger partial charge in [0.2, 0.25) is 5.78 Å². The average Bonchev–Trinajstić information content (AvgIpc) is 3.22. The largest absolute Gasteiger partial charge is 0.450 e. The molecule has 0 saturated heterocycles. The van der Waals surface area contributed by atoms with Crippen LogP contribution in [-0.4, -0.2) is 69.4 Å². The van der Waals surface area contributed by atoms with Crippen molar-refractivity contribution < 1.29 is 48.4 Å². The molecule has 0 aliphatic heterocycles. The van der Waals surface area contributed by atoms with Gasteiger partial charge in [0.1, 0.15) is 11.6 Å². The highest BCUT2D eigenvalue weighted by Crippen LogP contribution is 2.68. The predicted octanol–water partition coefficient (Wildman–Crippen LogP) is 4.18. The molecule has 3 fully saturated rings. The maximum Gasteiger partial charge on any atom is 0.408 e. The second kappa shape index (κ2) is 12.5. The lowest BCUT2D eigenvalue weighted by atomic mass is 9.44. The number of carbonyl (C=O) groups excluding carboxylic acids is 5. The molecule has 10 atom stereocenters. The number of amides is 1. The van der Waals surface area contributed by atoms with E-state index in [1.165, 1.54) is 0 Å². The molecule has 46 heavy (non-hydrogen) atoms. The third-order valence-corrected chi connectivity index (χ3v) is 11.0. The first-order valence-corrected chi connectivity index (χ1v) is 16.5. The number of alkyl carbamates (subject to hydrolysis) is 1. The second-order valence-electron chi connectivity index (χ2n) is 15.5. The summed E-state index contributed by atoms with van der Waals surface area (Å²) in [6.07, 6.45) is 2.34. The molecule has 3 N–H and O–H groups in total. The van der Waals surface area contributed by atoms with Gasteiger partial charge >= 0.3 is 18.0 Å². The van der Waals surface area contributed by atoms with Gasteiger partial charge in [-0.25, -0.2) is 9.59 Å². The topological polar surface area (TPSA) is 166 Å². The number of fused-ring (bicyclic) bond motifs is 5. The third kappa shape index (κ3) is 6.17. The minimum atomic E-state index is -2.30. The fourth-order valence-corrected chi connectivity index (χ4v) is 9.00. The zero-order chi connectivity index (χ0) is 34.6. The van der Waals surface area contributed by atoms with Crippen LogP contribution in [0.2, 0.25) is 0 Å². The summed E-state index contributed by atoms with van der Waals surface area (Å²) < 4.78 is 16.5. The molecule has 4 aliphatic carbocycles. The first kappa shape index (κ1) is 35.8. The van der Waals surface area contributed by atoms with Gasteiger partial charge in [0.25, 0.3) is 6.29 Å². The first-order chi connectivity index (χ1) is 21.2. The van der Waals surface area contributed by atoms with Gasteiger partial charge in [-0.1, -0.05) is 53.2 Å². The van der Waals surface area contributed by atoms with Gasteiger partial charge in [-0.05, 0) is 82.3 Å². The van der Waals surface area contributed by atoms with Gasteiger partial charge in [-0.2, -0.15) is 0 Å². The Kier molecular flexibility index (Phi) is 9.75. The zero-order valence-electron chi connectivity index (χ0n) is 28.5. The van der Waals surface area contributed by atoms with E-state index in [9.17, 15) is 34.2 Å². The molecule has 0 radical (unpaired) electrons. The Morgan fingerprint density at radius 3 is 2.39 bits per heavy atom. The van der Waals surface area contributed by atoms with Crippen LogP contribution in [0.3, 0.4) is 0 Å². The summed E-state index contributed by atoms with van der Waals surface area (Å²) in [5.74, 6) is -3.69. The predicted molar refractivity (Wildman–Crippen MR) is 167 cm³/mol. The smallest absolute Gasteiger partial charge is 0.408 e. The Morgan fingerprint density at radius 1 is 1.15 bits per heavy atom. The van der Waals surface area contributed by atoms with Crippen LogP contribution in [0.5, 0.6) is 0 Å². The van der Waals surface area contributed by atoms with Gasteiger partial charge in [0.15, 0.2) is 11.4 Å². The van der Waals surface area contributed by atoms with Gasteiger partial charge in [-0.15, -0.1) is 0 Å². The van der Waals surface area contributed by atoms with Crippen LogP contribution in [0, 0.1) is 40.4 Å². The molecule has 0 aromatic rings. The van der Waals surface area contributed by atoms with Crippen molar-refractivity contribution in [3.05, 3.63) is 23.8 Å². The van der Waals surface area contributed by atoms with E-state index in [4.69, 9.17) is 14.2 Å². The highest BCUT2D eigenvalue weighted by Gasteiger charge is 2.71. The monoisotopic (exact) mass is 645 g/mol. The molecule has 11 nitrogen and oxygen atoms in total. The molecule has 4 aliphatic rings. The third-order valence-electron chi connectivity index (χ3n) is 11.0. The molecule has 3 saturated carbocycles. The number of ketones is 2. The lowest BCUT2D eigenvalue weighted by Gasteiger charge is -2.61. The van der Waals surface area contributed by atoms with E-state index in [1.54, 1.807) is 53.7 Å². The van der Waals surface area contributed by atoms with Crippen molar-refractivity contribution in [2.45, 2.75) is 124 Å². The Labute approximate surface area is 271 Å². The van der Waals surface area contributed by atoms with Crippen LogP contribution < -0.4 is 5.32 Å². The van der Waals surface area contributed by atoms with Crippen molar-refractivity contribution in [2.75, 3.05) is 0 Å². The minimum Gasteiger partial charge on any atom is -0.450 e. The van der Waals surface area contributed by atoms with Gasteiger partial charge in [0.05, 0.1) is 6.10 Å². The number of carbonyl (C=O) groups is 5. The van der Waals surface area contributed by atoms with Crippen LogP contribution in [0.1, 0.15) is 94.4 Å². The summed E-state index contributed by atoms with van der Waals surface area (Å²) in [7, 11) is 0. The van der Waals surface area contributed by atoms with Crippen LogP contribution in [-0.2, 0) is 33.4 Å². The SMILES string of the molecule is CCC(=O)O[C@]1(C(=O)C(O)OC(=O)[C@@H](NC(=O)OC(C)(C)C)C(C)C)CC[C@H]2[C@@H]3C[C@H](C)C4=CC(=O)C=C[C@]4(C)[C@H]3[C@@H](O)C[C@@]21C. The molecule has 0 heterocycles. The van der Waals surface area contributed by atoms with Crippen molar-refractivity contribution in [1.29, 1.82) is 0 Å². The van der Waals surface area contributed by atoms with Crippen molar-refractivity contribution in [1.82, 2.24) is 5.32 Å². The van der Waals surface area contributed by atoms with Crippen LogP contribution in [0.15, 0.2) is 23.8 Å². The summed E-state index contributed by atoms with van der Waals surface area (Å²) in [5.41, 5.74) is -3.37. The van der Waals surface area contributed by atoms with Crippen LogP contribution >= 0.6 is 0 Å². The quantitative estimate of drug-likeness (QED) is 0.198. The zero-order valence-corrected chi connectivity index (χ0v) is 28.5. The van der Waals surface area contributed by atoms with Crippen LogP contribution in [0.25, 0.3) is 0 Å². The summed E-state index contributed by atoms with van der Waals surface area (Å²) in [4.78, 5) is 65.2. The van der Waals surface area contributed by atoms with Crippen molar-refractivity contribution >= 4 is 29.6 Å². The number of Topliss-reactive ketones (excluding diaryl/α,β-unsaturated/α-hetero) is 1. The molecule has 11 heteroatoms. The molecular weight excluding hydrogens is 594 g/mol. The van der Waals surface area contributed by atoms with E-state index in [2.05, 4.69) is 12.2 Å². The average molecular weight is 646 g/mol. The lowest BCUT2D eigenvalue weighted by molar-refractivity contribution is -0.215. The van der Waals surface area contributed by atoms with Gasteiger partial charge < -0.3 is 29.7 Å². The van der Waals surface area contributed by atoms with E-state index >= 15 is 0 Å². The van der Waals surface area contributed by atoms with Crippen molar-refractivity contribution in [3.63, 3.8) is 0 Å².